The van der Waals surface area contributed by atoms with E-state index in [1.54, 1.807) is 31.2 Å². The van der Waals surface area contributed by atoms with Crippen molar-refractivity contribution in [2.75, 3.05) is 0 Å². The number of carbonyl (C=O) groups excluding carboxylic acids is 2. The van der Waals surface area contributed by atoms with E-state index in [9.17, 15) is 27.2 Å². The van der Waals surface area contributed by atoms with Crippen LogP contribution in [0.2, 0.25) is 0 Å². The summed E-state index contributed by atoms with van der Waals surface area (Å²) >= 11 is 0. The minimum absolute atomic E-state index is 0.0936. The molecule has 0 heterocycles. The fourth-order valence-electron chi connectivity index (χ4n) is 3.20. The second kappa shape index (κ2) is 8.74. The summed E-state index contributed by atoms with van der Waals surface area (Å²) < 4.78 is 64.0. The Morgan fingerprint density at radius 2 is 1.15 bits per heavy atom. The van der Waals surface area contributed by atoms with E-state index in [1.807, 2.05) is 0 Å². The van der Waals surface area contributed by atoms with E-state index in [4.69, 9.17) is 9.47 Å². The van der Waals surface area contributed by atoms with E-state index in [-0.39, 0.29) is 22.6 Å². The Labute approximate surface area is 185 Å². The van der Waals surface area contributed by atoms with Crippen molar-refractivity contribution in [3.63, 3.8) is 0 Å². The van der Waals surface area contributed by atoms with Crippen LogP contribution in [0.5, 0.6) is 11.5 Å². The highest BCUT2D eigenvalue weighted by atomic mass is 19.2. The summed E-state index contributed by atoms with van der Waals surface area (Å²) in [5.74, 6) is -6.20. The molecular formula is C25H14F4O4. The van der Waals surface area contributed by atoms with Gasteiger partial charge >= 0.3 is 11.9 Å². The van der Waals surface area contributed by atoms with Crippen LogP contribution in [-0.4, -0.2) is 11.9 Å². The Balaban J connectivity index is 1.68. The second-order valence-electron chi connectivity index (χ2n) is 7.15. The van der Waals surface area contributed by atoms with Gasteiger partial charge in [-0.1, -0.05) is 12.1 Å². The van der Waals surface area contributed by atoms with Crippen LogP contribution in [0.15, 0.2) is 66.7 Å². The third-order valence-electron chi connectivity index (χ3n) is 4.78. The normalized spacial score (nSPS) is 10.8. The Morgan fingerprint density at radius 3 is 1.70 bits per heavy atom. The van der Waals surface area contributed by atoms with Crippen LogP contribution in [0.25, 0.3) is 10.8 Å². The molecule has 0 spiro atoms. The molecular weight excluding hydrogens is 440 g/mol. The number of aryl methyl sites for hydroxylation is 1. The summed E-state index contributed by atoms with van der Waals surface area (Å²) in [5, 5.41) is 0.800. The number of carbonyl (C=O) groups is 2. The van der Waals surface area contributed by atoms with Crippen LogP contribution in [0.4, 0.5) is 17.6 Å². The lowest BCUT2D eigenvalue weighted by atomic mass is 10.1. The van der Waals surface area contributed by atoms with Crippen LogP contribution in [-0.2, 0) is 0 Å². The first kappa shape index (κ1) is 22.0. The molecule has 4 aromatic rings. The fourth-order valence-corrected chi connectivity index (χ4v) is 3.20. The van der Waals surface area contributed by atoms with Crippen LogP contribution in [0.3, 0.4) is 0 Å². The summed E-state index contributed by atoms with van der Waals surface area (Å²) in [6.45, 7) is 1.71. The van der Waals surface area contributed by atoms with Crippen molar-refractivity contribution in [3.8, 4) is 11.5 Å². The number of esters is 2. The third kappa shape index (κ3) is 4.55. The van der Waals surface area contributed by atoms with Crippen molar-refractivity contribution in [1.29, 1.82) is 0 Å². The second-order valence-corrected chi connectivity index (χ2v) is 7.15. The molecule has 4 rings (SSSR count). The first-order valence-electron chi connectivity index (χ1n) is 9.61. The lowest BCUT2D eigenvalue weighted by Gasteiger charge is -2.13. The maximum Gasteiger partial charge on any atom is 0.343 e. The van der Waals surface area contributed by atoms with E-state index >= 15 is 0 Å². The zero-order chi connectivity index (χ0) is 23.7. The van der Waals surface area contributed by atoms with E-state index in [0.717, 1.165) is 36.4 Å². The molecule has 0 amide bonds. The quantitative estimate of drug-likeness (QED) is 0.211. The highest BCUT2D eigenvalue weighted by molar-refractivity contribution is 6.00. The average molecular weight is 454 g/mol. The van der Waals surface area contributed by atoms with Gasteiger partial charge < -0.3 is 9.47 Å². The standard InChI is InChI=1S/C25H14F4O4/c1-13-9-17-16(23(10-13)33-25(31)15-6-8-19(27)21(29)12-15)3-2-4-22(17)32-24(30)14-5-7-18(26)20(28)11-14/h2-12H,1H3. The third-order valence-corrected chi connectivity index (χ3v) is 4.78. The minimum Gasteiger partial charge on any atom is -0.422 e. The number of hydrogen-bond donors (Lipinski definition) is 0. The fraction of sp³-hybridized carbons (Fsp3) is 0.0400. The number of fused-ring (bicyclic) bond motifs is 1. The molecule has 166 valence electrons. The molecule has 8 heteroatoms. The molecule has 33 heavy (non-hydrogen) atoms. The van der Waals surface area contributed by atoms with Crippen LogP contribution >= 0.6 is 0 Å². The van der Waals surface area contributed by atoms with Crippen LogP contribution in [0, 0.1) is 30.2 Å². The largest absolute Gasteiger partial charge is 0.422 e. The van der Waals surface area contributed by atoms with Crippen molar-refractivity contribution < 1.29 is 36.6 Å². The molecule has 0 N–H and O–H groups in total. The molecule has 0 aromatic heterocycles. The molecule has 0 aliphatic heterocycles. The summed E-state index contributed by atoms with van der Waals surface area (Å²) in [6, 6.07) is 13.1. The van der Waals surface area contributed by atoms with Gasteiger partial charge in [0.1, 0.15) is 11.5 Å². The predicted octanol–water partition coefficient (Wildman–Crippen LogP) is 6.14. The zero-order valence-corrected chi connectivity index (χ0v) is 17.0. The lowest BCUT2D eigenvalue weighted by Crippen LogP contribution is -2.11. The zero-order valence-electron chi connectivity index (χ0n) is 17.0. The molecule has 4 aromatic carbocycles. The lowest BCUT2D eigenvalue weighted by molar-refractivity contribution is 0.0725. The number of benzene rings is 4. The van der Waals surface area contributed by atoms with Gasteiger partial charge in [0.15, 0.2) is 23.3 Å². The van der Waals surface area contributed by atoms with Crippen molar-refractivity contribution in [1.82, 2.24) is 0 Å². The summed E-state index contributed by atoms with van der Waals surface area (Å²) in [5.41, 5.74) is 0.264. The van der Waals surface area contributed by atoms with Gasteiger partial charge in [-0.05, 0) is 67.1 Å². The van der Waals surface area contributed by atoms with Crippen molar-refractivity contribution in [3.05, 3.63) is 107 Å². The van der Waals surface area contributed by atoms with E-state index in [2.05, 4.69) is 0 Å². The SMILES string of the molecule is Cc1cc(OC(=O)c2ccc(F)c(F)c2)c2cccc(OC(=O)c3ccc(F)c(F)c3)c2c1. The highest BCUT2D eigenvalue weighted by Crippen LogP contribution is 2.34. The summed E-state index contributed by atoms with van der Waals surface area (Å²) in [7, 11) is 0. The molecule has 0 radical (unpaired) electrons. The Morgan fingerprint density at radius 1 is 0.606 bits per heavy atom. The molecule has 0 bridgehead atoms. The first-order valence-corrected chi connectivity index (χ1v) is 9.61. The van der Waals surface area contributed by atoms with Gasteiger partial charge in [0.2, 0.25) is 0 Å². The van der Waals surface area contributed by atoms with E-state index < -0.39 is 35.2 Å². The Kier molecular flexibility index (Phi) is 5.83. The molecule has 0 saturated carbocycles. The topological polar surface area (TPSA) is 52.6 Å². The first-order chi connectivity index (χ1) is 15.7. The van der Waals surface area contributed by atoms with Crippen molar-refractivity contribution in [2.45, 2.75) is 6.92 Å². The smallest absolute Gasteiger partial charge is 0.343 e. The van der Waals surface area contributed by atoms with Gasteiger partial charge in [-0.25, -0.2) is 27.2 Å². The number of ether oxygens (including phenoxy) is 2. The molecule has 0 aliphatic carbocycles. The molecule has 0 atom stereocenters. The maximum atomic E-state index is 13.5. The van der Waals surface area contributed by atoms with Crippen molar-refractivity contribution in [2.24, 2.45) is 0 Å². The van der Waals surface area contributed by atoms with Gasteiger partial charge in [-0.15, -0.1) is 0 Å². The highest BCUT2D eigenvalue weighted by Gasteiger charge is 2.18. The molecule has 4 nitrogen and oxygen atoms in total. The monoisotopic (exact) mass is 454 g/mol. The predicted molar refractivity (Wildman–Crippen MR) is 111 cm³/mol. The Bertz CT molecular complexity index is 1420. The number of hydrogen-bond acceptors (Lipinski definition) is 4. The van der Waals surface area contributed by atoms with Gasteiger partial charge in [-0.2, -0.15) is 0 Å². The van der Waals surface area contributed by atoms with Crippen LogP contribution in [0.1, 0.15) is 26.3 Å². The van der Waals surface area contributed by atoms with Crippen LogP contribution < -0.4 is 9.47 Å². The van der Waals surface area contributed by atoms with Crippen molar-refractivity contribution >= 4 is 22.7 Å². The van der Waals surface area contributed by atoms with E-state index in [1.165, 1.54) is 6.07 Å². The molecule has 0 unspecified atom stereocenters. The summed E-state index contributed by atoms with van der Waals surface area (Å²) in [6.07, 6.45) is 0. The molecule has 0 saturated heterocycles. The maximum absolute atomic E-state index is 13.5. The van der Waals surface area contributed by atoms with Gasteiger partial charge in [-0.3, -0.25) is 0 Å². The number of rotatable bonds is 4. The summed E-state index contributed by atoms with van der Waals surface area (Å²) in [4.78, 5) is 24.9. The minimum atomic E-state index is -1.19. The van der Waals surface area contributed by atoms with E-state index in [0.29, 0.717) is 16.3 Å². The average Bonchev–Trinajstić information content (AvgIpc) is 2.78. The van der Waals surface area contributed by atoms with Gasteiger partial charge in [0.25, 0.3) is 0 Å². The van der Waals surface area contributed by atoms with Gasteiger partial charge in [0.05, 0.1) is 11.1 Å². The molecule has 0 aliphatic rings. The van der Waals surface area contributed by atoms with Gasteiger partial charge in [0, 0.05) is 10.8 Å². The Hall–Kier alpha value is -4.20. The molecule has 0 fully saturated rings. The number of halogens is 4.